The van der Waals surface area contributed by atoms with Gasteiger partial charge in [0.05, 0.1) is 11.4 Å². The third-order valence-corrected chi connectivity index (χ3v) is 4.46. The fourth-order valence-electron chi connectivity index (χ4n) is 1.71. The molecule has 0 aliphatic heterocycles. The second kappa shape index (κ2) is 9.93. The van der Waals surface area contributed by atoms with E-state index in [1.54, 1.807) is 13.1 Å². The maximum Gasteiger partial charge on any atom is 0.465 e. The van der Waals surface area contributed by atoms with E-state index in [0.29, 0.717) is 12.2 Å². The molecule has 0 aliphatic rings. The van der Waals surface area contributed by atoms with Crippen LogP contribution < -0.4 is 5.32 Å². The van der Waals surface area contributed by atoms with E-state index in [4.69, 9.17) is 23.8 Å². The predicted molar refractivity (Wildman–Crippen MR) is 83.7 cm³/mol. The van der Waals surface area contributed by atoms with Crippen molar-refractivity contribution in [3.63, 3.8) is 0 Å². The predicted octanol–water partition coefficient (Wildman–Crippen LogP) is 1.38. The van der Waals surface area contributed by atoms with E-state index in [9.17, 15) is 9.67 Å². The van der Waals surface area contributed by atoms with Gasteiger partial charge in [-0.05, 0) is 25.8 Å². The zero-order chi connectivity index (χ0) is 18.2. The van der Waals surface area contributed by atoms with Crippen LogP contribution in [0.25, 0.3) is 0 Å². The Morgan fingerprint density at radius 2 is 1.91 bits per heavy atom. The van der Waals surface area contributed by atoms with Crippen LogP contribution in [0, 0.1) is 6.92 Å². The molecular weight excluding hydrogens is 346 g/mol. The van der Waals surface area contributed by atoms with Crippen molar-refractivity contribution in [1.29, 1.82) is 0 Å². The number of pyridine rings is 1. The van der Waals surface area contributed by atoms with E-state index in [-0.39, 0.29) is 12.3 Å². The zero-order valence-electron chi connectivity index (χ0n) is 13.1. The van der Waals surface area contributed by atoms with Crippen molar-refractivity contribution in [3.05, 3.63) is 23.0 Å². The van der Waals surface area contributed by atoms with Gasteiger partial charge >= 0.3 is 15.5 Å². The Balaban J connectivity index is 0.00000108. The van der Waals surface area contributed by atoms with E-state index in [2.05, 4.69) is 10.3 Å². The second-order valence-corrected chi connectivity index (χ2v) is 7.39. The smallest absolute Gasteiger partial charge is 0.465 e. The number of nitrogens with one attached hydrogen (secondary N) is 1. The van der Waals surface area contributed by atoms with Gasteiger partial charge in [0.15, 0.2) is 0 Å². The summed E-state index contributed by atoms with van der Waals surface area (Å²) in [5.74, 6) is 0.149. The van der Waals surface area contributed by atoms with Crippen molar-refractivity contribution in [3.8, 4) is 5.75 Å². The van der Waals surface area contributed by atoms with Gasteiger partial charge < -0.3 is 20.2 Å². The number of hydrogen-bond donors (Lipinski definition) is 5. The summed E-state index contributed by atoms with van der Waals surface area (Å²) in [7, 11) is -7.18. The van der Waals surface area contributed by atoms with Crippen LogP contribution in [0.5, 0.6) is 5.75 Å². The molecule has 0 bridgehead atoms. The first-order chi connectivity index (χ1) is 10.5. The van der Waals surface area contributed by atoms with Crippen molar-refractivity contribution >= 4 is 15.5 Å². The highest BCUT2D eigenvalue weighted by molar-refractivity contribution is 7.52. The largest absolute Gasteiger partial charge is 0.506 e. The molecule has 1 unspecified atom stereocenters. The van der Waals surface area contributed by atoms with E-state index in [1.807, 2.05) is 6.92 Å². The van der Waals surface area contributed by atoms with Gasteiger partial charge in [-0.15, -0.1) is 0 Å². The maximum absolute atomic E-state index is 11.0. The Morgan fingerprint density at radius 3 is 2.35 bits per heavy atom. The van der Waals surface area contributed by atoms with Gasteiger partial charge in [-0.1, -0.05) is 6.92 Å². The van der Waals surface area contributed by atoms with Crippen molar-refractivity contribution in [2.24, 2.45) is 0 Å². The monoisotopic (exact) mass is 368 g/mol. The molecule has 0 aliphatic carbocycles. The molecule has 0 fully saturated rings. The molecule has 9 nitrogen and oxygen atoms in total. The summed E-state index contributed by atoms with van der Waals surface area (Å²) in [5, 5.41) is 12.9. The average molecular weight is 368 g/mol. The number of aryl methyl sites for hydroxylation is 2. The number of rotatable bonds is 6. The Bertz CT molecular complexity index is 620. The van der Waals surface area contributed by atoms with Crippen LogP contribution in [0.15, 0.2) is 6.20 Å². The van der Waals surface area contributed by atoms with Crippen LogP contribution in [0.4, 0.5) is 0 Å². The number of aromatic hydroxyl groups is 1. The molecule has 1 heterocycles. The zero-order valence-corrected chi connectivity index (χ0v) is 14.9. The maximum atomic E-state index is 11.0. The molecule has 1 aromatic heterocycles. The Morgan fingerprint density at radius 1 is 1.39 bits per heavy atom. The third kappa shape index (κ3) is 8.37. The third-order valence-electron chi connectivity index (χ3n) is 3.13. The van der Waals surface area contributed by atoms with Gasteiger partial charge in [-0.3, -0.25) is 14.4 Å². The minimum absolute atomic E-state index is 0.149. The molecule has 0 saturated heterocycles. The summed E-state index contributed by atoms with van der Waals surface area (Å²) in [5.41, 5.74) is 1.48. The molecule has 5 N–H and O–H groups in total. The lowest BCUT2D eigenvalue weighted by Crippen LogP contribution is -2.25. The standard InChI is InChI=1S/C12H21N2O4P.HO3P/c1-4-10-6-14-9(3)12(15)11(10)7-13-5-8(2)19(16,17)18;1-4(2)3/h6,8,13,15H,4-5,7H2,1-3H3,(H2,16,17,18);(H,1,2,3). The van der Waals surface area contributed by atoms with E-state index >= 15 is 0 Å². The molecule has 1 atom stereocenters. The summed E-state index contributed by atoms with van der Waals surface area (Å²) in [6.07, 6.45) is 2.46. The van der Waals surface area contributed by atoms with Crippen LogP contribution in [-0.4, -0.2) is 37.0 Å². The van der Waals surface area contributed by atoms with Crippen LogP contribution in [0.2, 0.25) is 0 Å². The summed E-state index contributed by atoms with van der Waals surface area (Å²) >= 11 is 0. The fourth-order valence-corrected chi connectivity index (χ4v) is 2.08. The second-order valence-electron chi connectivity index (χ2n) is 4.86. The van der Waals surface area contributed by atoms with E-state index in [1.165, 1.54) is 6.92 Å². The van der Waals surface area contributed by atoms with Gasteiger partial charge in [0.25, 0.3) is 0 Å². The van der Waals surface area contributed by atoms with Crippen LogP contribution in [0.1, 0.15) is 30.7 Å². The minimum Gasteiger partial charge on any atom is -0.506 e. The summed E-state index contributed by atoms with van der Waals surface area (Å²) in [4.78, 5) is 29.1. The van der Waals surface area contributed by atoms with Crippen LogP contribution in [-0.2, 0) is 26.7 Å². The molecule has 23 heavy (non-hydrogen) atoms. The Labute approximate surface area is 134 Å². The lowest BCUT2D eigenvalue weighted by Gasteiger charge is -2.16. The molecule has 0 amide bonds. The number of hydrogen-bond acceptors (Lipinski definition) is 6. The lowest BCUT2D eigenvalue weighted by molar-refractivity contribution is 0.357. The average Bonchev–Trinajstić information content (AvgIpc) is 2.41. The first-order valence-electron chi connectivity index (χ1n) is 6.76. The molecule has 1 aromatic rings. The SMILES string of the molecule is CCc1cnc(C)c(O)c1CNCC(C)P(=O)(O)O.O=P(=O)O. The normalized spacial score (nSPS) is 12.3. The molecule has 11 heteroatoms. The summed E-state index contributed by atoms with van der Waals surface area (Å²) in [6.45, 7) is 5.73. The molecule has 132 valence electrons. The highest BCUT2D eigenvalue weighted by atomic mass is 31.2. The summed E-state index contributed by atoms with van der Waals surface area (Å²) < 4.78 is 28.2. The minimum atomic E-state index is -4.06. The first-order valence-corrected chi connectivity index (χ1v) is 9.57. The van der Waals surface area contributed by atoms with Gasteiger partial charge in [0, 0.05) is 24.8 Å². The molecular formula is C12H22N2O7P2. The number of aromatic nitrogens is 1. The van der Waals surface area contributed by atoms with Crippen LogP contribution >= 0.6 is 15.5 Å². The van der Waals surface area contributed by atoms with Gasteiger partial charge in [-0.2, -0.15) is 0 Å². The van der Waals surface area contributed by atoms with Crippen molar-refractivity contribution in [1.82, 2.24) is 10.3 Å². The lowest BCUT2D eigenvalue weighted by atomic mass is 10.1. The highest BCUT2D eigenvalue weighted by Crippen LogP contribution is 2.40. The Hall–Kier alpha value is -1.08. The molecule has 0 spiro atoms. The van der Waals surface area contributed by atoms with E-state index < -0.39 is 21.2 Å². The first kappa shape index (κ1) is 21.9. The molecule has 0 radical (unpaired) electrons. The topological polar surface area (TPSA) is 157 Å². The van der Waals surface area contributed by atoms with Gasteiger partial charge in [0.2, 0.25) is 0 Å². The fraction of sp³-hybridized carbons (Fsp3) is 0.583. The van der Waals surface area contributed by atoms with Gasteiger partial charge in [-0.25, -0.2) is 9.13 Å². The molecule has 0 saturated carbocycles. The highest BCUT2D eigenvalue weighted by Gasteiger charge is 2.23. The van der Waals surface area contributed by atoms with Crippen molar-refractivity contribution in [2.75, 3.05) is 6.54 Å². The number of nitrogens with zero attached hydrogens (tertiary/aromatic N) is 1. The van der Waals surface area contributed by atoms with Crippen molar-refractivity contribution in [2.45, 2.75) is 39.4 Å². The molecule has 0 aromatic carbocycles. The van der Waals surface area contributed by atoms with Crippen molar-refractivity contribution < 1.29 is 33.5 Å². The quantitative estimate of drug-likeness (QED) is 0.468. The Kier molecular flexibility index (Phi) is 9.46. The summed E-state index contributed by atoms with van der Waals surface area (Å²) in [6, 6.07) is 0. The van der Waals surface area contributed by atoms with Crippen LogP contribution in [0.3, 0.4) is 0 Å². The molecule has 1 rings (SSSR count). The van der Waals surface area contributed by atoms with E-state index in [0.717, 1.165) is 17.5 Å². The van der Waals surface area contributed by atoms with Gasteiger partial charge in [0.1, 0.15) is 5.75 Å².